The van der Waals surface area contributed by atoms with Crippen molar-refractivity contribution in [3.63, 3.8) is 0 Å². The Kier molecular flexibility index (Phi) is 5.16. The highest BCUT2D eigenvalue weighted by atomic mass is 16.2. The highest BCUT2D eigenvalue weighted by Crippen LogP contribution is 2.30. The maximum atomic E-state index is 12.7. The zero-order valence-corrected chi connectivity index (χ0v) is 15.3. The van der Waals surface area contributed by atoms with Crippen molar-refractivity contribution in [1.82, 2.24) is 14.8 Å². The number of rotatable bonds is 5. The van der Waals surface area contributed by atoms with Crippen molar-refractivity contribution in [1.29, 1.82) is 0 Å². The standard InChI is InChI=1S/C21H24N4O2/c26-20(17-1-2-17)23-19-5-3-18(4-6-19)21(27)25-13-11-24(12-14-25)15-16-7-9-22-10-8-16/h3-10,17H,1-2,11-15H2,(H,23,26). The largest absolute Gasteiger partial charge is 0.336 e. The molecule has 1 aliphatic heterocycles. The van der Waals surface area contributed by atoms with E-state index in [1.807, 2.05) is 41.6 Å². The number of carbonyl (C=O) groups is 2. The average Bonchev–Trinajstić information content (AvgIpc) is 3.55. The molecule has 1 aliphatic carbocycles. The molecule has 1 aromatic carbocycles. The summed E-state index contributed by atoms with van der Waals surface area (Å²) >= 11 is 0. The molecule has 2 amide bonds. The molecule has 1 saturated carbocycles. The molecule has 2 aromatic rings. The van der Waals surface area contributed by atoms with Gasteiger partial charge in [-0.1, -0.05) is 0 Å². The van der Waals surface area contributed by atoms with Gasteiger partial charge in [0.15, 0.2) is 0 Å². The van der Waals surface area contributed by atoms with Gasteiger partial charge in [0.1, 0.15) is 0 Å². The number of pyridine rings is 1. The zero-order valence-electron chi connectivity index (χ0n) is 15.3. The van der Waals surface area contributed by atoms with E-state index < -0.39 is 0 Å². The second-order valence-corrected chi connectivity index (χ2v) is 7.26. The molecule has 6 nitrogen and oxygen atoms in total. The van der Waals surface area contributed by atoms with Crippen molar-refractivity contribution < 1.29 is 9.59 Å². The number of amides is 2. The van der Waals surface area contributed by atoms with Crippen LogP contribution in [0.1, 0.15) is 28.8 Å². The first-order valence-corrected chi connectivity index (χ1v) is 9.50. The molecule has 1 aromatic heterocycles. The number of hydrogen-bond donors (Lipinski definition) is 1. The third-order valence-electron chi connectivity index (χ3n) is 5.16. The van der Waals surface area contributed by atoms with Gasteiger partial charge < -0.3 is 10.2 Å². The van der Waals surface area contributed by atoms with Gasteiger partial charge in [-0.15, -0.1) is 0 Å². The SMILES string of the molecule is O=C(Nc1ccc(C(=O)N2CCN(Cc3ccncc3)CC2)cc1)C1CC1. The topological polar surface area (TPSA) is 65.5 Å². The van der Waals surface area contributed by atoms with Gasteiger partial charge in [-0.25, -0.2) is 0 Å². The van der Waals surface area contributed by atoms with Gasteiger partial charge in [0.2, 0.25) is 5.91 Å². The van der Waals surface area contributed by atoms with Gasteiger partial charge in [0.05, 0.1) is 0 Å². The van der Waals surface area contributed by atoms with Crippen LogP contribution in [-0.4, -0.2) is 52.8 Å². The maximum absolute atomic E-state index is 12.7. The monoisotopic (exact) mass is 364 g/mol. The fourth-order valence-corrected chi connectivity index (χ4v) is 3.32. The normalized spacial score (nSPS) is 17.6. The second-order valence-electron chi connectivity index (χ2n) is 7.26. The summed E-state index contributed by atoms with van der Waals surface area (Å²) in [5.74, 6) is 0.313. The van der Waals surface area contributed by atoms with Gasteiger partial charge in [0, 0.05) is 62.3 Å². The Hall–Kier alpha value is -2.73. The van der Waals surface area contributed by atoms with Crippen LogP contribution in [0.3, 0.4) is 0 Å². The Morgan fingerprint density at radius 3 is 2.26 bits per heavy atom. The van der Waals surface area contributed by atoms with Crippen LogP contribution < -0.4 is 5.32 Å². The predicted octanol–water partition coefficient (Wildman–Crippen LogP) is 2.39. The van der Waals surface area contributed by atoms with Crippen LogP contribution in [0.25, 0.3) is 0 Å². The summed E-state index contributed by atoms with van der Waals surface area (Å²) in [6.07, 6.45) is 5.59. The minimum absolute atomic E-state index is 0.0543. The van der Waals surface area contributed by atoms with E-state index in [2.05, 4.69) is 15.2 Å². The number of hydrogen-bond acceptors (Lipinski definition) is 4. The Bertz CT molecular complexity index is 795. The van der Waals surface area contributed by atoms with Crippen molar-refractivity contribution in [2.24, 2.45) is 5.92 Å². The molecular weight excluding hydrogens is 340 g/mol. The van der Waals surface area contributed by atoms with E-state index in [9.17, 15) is 9.59 Å². The lowest BCUT2D eigenvalue weighted by molar-refractivity contribution is -0.117. The minimum atomic E-state index is 0.0543. The van der Waals surface area contributed by atoms with Crippen LogP contribution >= 0.6 is 0 Å². The Morgan fingerprint density at radius 2 is 1.63 bits per heavy atom. The molecule has 27 heavy (non-hydrogen) atoms. The van der Waals surface area contributed by atoms with Gasteiger partial charge >= 0.3 is 0 Å². The van der Waals surface area contributed by atoms with Crippen LogP contribution in [-0.2, 0) is 11.3 Å². The average molecular weight is 364 g/mol. The van der Waals surface area contributed by atoms with E-state index in [0.29, 0.717) is 5.56 Å². The van der Waals surface area contributed by atoms with Gasteiger partial charge in [-0.2, -0.15) is 0 Å². The van der Waals surface area contributed by atoms with Crippen molar-refractivity contribution in [3.05, 3.63) is 59.9 Å². The fraction of sp³-hybridized carbons (Fsp3) is 0.381. The van der Waals surface area contributed by atoms with E-state index in [-0.39, 0.29) is 17.7 Å². The number of piperazine rings is 1. The minimum Gasteiger partial charge on any atom is -0.336 e. The van der Waals surface area contributed by atoms with Crippen LogP contribution in [0.4, 0.5) is 5.69 Å². The molecule has 1 saturated heterocycles. The summed E-state index contributed by atoms with van der Waals surface area (Å²) in [6.45, 7) is 4.07. The molecule has 2 fully saturated rings. The molecular formula is C21H24N4O2. The summed E-state index contributed by atoms with van der Waals surface area (Å²) < 4.78 is 0. The molecule has 2 aliphatic rings. The molecule has 1 N–H and O–H groups in total. The lowest BCUT2D eigenvalue weighted by Gasteiger charge is -2.34. The Labute approximate surface area is 159 Å². The second kappa shape index (κ2) is 7.88. The van der Waals surface area contributed by atoms with Gasteiger partial charge in [-0.3, -0.25) is 19.5 Å². The lowest BCUT2D eigenvalue weighted by atomic mass is 10.1. The summed E-state index contributed by atoms with van der Waals surface area (Å²) in [7, 11) is 0. The van der Waals surface area contributed by atoms with Crippen LogP contribution in [0.2, 0.25) is 0 Å². The van der Waals surface area contributed by atoms with E-state index in [0.717, 1.165) is 51.3 Å². The molecule has 4 rings (SSSR count). The Morgan fingerprint density at radius 1 is 0.963 bits per heavy atom. The van der Waals surface area contributed by atoms with Crippen molar-refractivity contribution in [2.75, 3.05) is 31.5 Å². The van der Waals surface area contributed by atoms with E-state index in [1.165, 1.54) is 5.56 Å². The summed E-state index contributed by atoms with van der Waals surface area (Å²) in [6, 6.07) is 11.3. The molecule has 0 radical (unpaired) electrons. The smallest absolute Gasteiger partial charge is 0.253 e. The maximum Gasteiger partial charge on any atom is 0.253 e. The third-order valence-corrected chi connectivity index (χ3v) is 5.16. The molecule has 6 heteroatoms. The zero-order chi connectivity index (χ0) is 18.6. The molecule has 0 spiro atoms. The number of nitrogens with one attached hydrogen (secondary N) is 1. The first kappa shape index (κ1) is 17.7. The number of carbonyl (C=O) groups excluding carboxylic acids is 2. The summed E-state index contributed by atoms with van der Waals surface area (Å²) in [4.78, 5) is 32.8. The van der Waals surface area contributed by atoms with Crippen molar-refractivity contribution in [3.8, 4) is 0 Å². The van der Waals surface area contributed by atoms with Crippen LogP contribution in [0.5, 0.6) is 0 Å². The first-order chi connectivity index (χ1) is 13.2. The number of benzene rings is 1. The molecule has 0 atom stereocenters. The van der Waals surface area contributed by atoms with E-state index in [1.54, 1.807) is 12.1 Å². The van der Waals surface area contributed by atoms with Crippen LogP contribution in [0, 0.1) is 5.92 Å². The number of nitrogens with zero attached hydrogens (tertiary/aromatic N) is 3. The Balaban J connectivity index is 1.29. The quantitative estimate of drug-likeness (QED) is 0.885. The van der Waals surface area contributed by atoms with Gasteiger partial charge in [-0.05, 0) is 54.8 Å². The molecule has 0 bridgehead atoms. The van der Waals surface area contributed by atoms with Crippen LogP contribution in [0.15, 0.2) is 48.8 Å². The lowest BCUT2D eigenvalue weighted by Crippen LogP contribution is -2.48. The molecule has 2 heterocycles. The number of aromatic nitrogens is 1. The predicted molar refractivity (Wildman–Crippen MR) is 103 cm³/mol. The highest BCUT2D eigenvalue weighted by Gasteiger charge is 2.29. The molecule has 140 valence electrons. The fourth-order valence-electron chi connectivity index (χ4n) is 3.32. The number of anilines is 1. The summed E-state index contributed by atoms with van der Waals surface area (Å²) in [5.41, 5.74) is 2.67. The molecule has 0 unspecified atom stereocenters. The highest BCUT2D eigenvalue weighted by molar-refractivity contribution is 5.96. The van der Waals surface area contributed by atoms with E-state index >= 15 is 0 Å². The van der Waals surface area contributed by atoms with Crippen molar-refractivity contribution in [2.45, 2.75) is 19.4 Å². The summed E-state index contributed by atoms with van der Waals surface area (Å²) in [5, 5.41) is 2.90. The van der Waals surface area contributed by atoms with Gasteiger partial charge in [0.25, 0.3) is 5.91 Å². The third kappa shape index (κ3) is 4.52. The first-order valence-electron chi connectivity index (χ1n) is 9.50. The van der Waals surface area contributed by atoms with E-state index in [4.69, 9.17) is 0 Å². The van der Waals surface area contributed by atoms with Crippen molar-refractivity contribution >= 4 is 17.5 Å².